The lowest BCUT2D eigenvalue weighted by Gasteiger charge is -2.11. The van der Waals surface area contributed by atoms with E-state index in [1.807, 2.05) is 12.2 Å². The first-order chi connectivity index (χ1) is 7.65. The molecule has 1 nitrogen and oxygen atoms in total. The number of rotatable bonds is 2. The predicted octanol–water partition coefficient (Wildman–Crippen LogP) is 4.18. The summed E-state index contributed by atoms with van der Waals surface area (Å²) in [5.74, 6) is 0.740. The molecular weight excluding hydrogens is 291 g/mol. The van der Waals surface area contributed by atoms with Gasteiger partial charge in [0.1, 0.15) is 17.3 Å². The van der Waals surface area contributed by atoms with Crippen molar-refractivity contribution in [2.45, 2.75) is 6.42 Å². The zero-order valence-corrected chi connectivity index (χ0v) is 10.6. The molecule has 0 spiro atoms. The Morgan fingerprint density at radius 3 is 2.94 bits per heavy atom. The zero-order valence-electron chi connectivity index (χ0n) is 8.24. The summed E-state index contributed by atoms with van der Waals surface area (Å²) in [6.45, 7) is 0. The molecule has 1 aliphatic rings. The first-order valence-corrected chi connectivity index (χ1v) is 5.89. The topological polar surface area (TPSA) is 9.23 Å². The molecule has 0 amide bonds. The molecular formula is C12H8BrFOS. The Morgan fingerprint density at radius 2 is 2.19 bits per heavy atom. The van der Waals surface area contributed by atoms with Crippen LogP contribution in [0.5, 0.6) is 5.75 Å². The van der Waals surface area contributed by atoms with Gasteiger partial charge in [0.05, 0.1) is 4.47 Å². The van der Waals surface area contributed by atoms with Crippen molar-refractivity contribution in [2.75, 3.05) is 0 Å². The Morgan fingerprint density at radius 1 is 1.38 bits per heavy atom. The second-order valence-corrected chi connectivity index (χ2v) is 4.68. The predicted molar refractivity (Wildman–Crippen MR) is 69.2 cm³/mol. The van der Waals surface area contributed by atoms with Crippen LogP contribution in [-0.2, 0) is 0 Å². The Hall–Kier alpha value is -1.00. The number of ether oxygens (including phenoxy) is 1. The van der Waals surface area contributed by atoms with Crippen LogP contribution in [0.1, 0.15) is 6.42 Å². The molecule has 1 aromatic carbocycles. The van der Waals surface area contributed by atoms with Crippen LogP contribution in [-0.4, -0.2) is 4.86 Å². The van der Waals surface area contributed by atoms with Crippen molar-refractivity contribution in [3.8, 4) is 5.75 Å². The average Bonchev–Trinajstić information content (AvgIpc) is 2.24. The van der Waals surface area contributed by atoms with Gasteiger partial charge in [0, 0.05) is 17.4 Å². The summed E-state index contributed by atoms with van der Waals surface area (Å²) in [6.07, 6.45) is 6.28. The molecule has 82 valence electrons. The van der Waals surface area contributed by atoms with E-state index < -0.39 is 0 Å². The largest absolute Gasteiger partial charge is 0.456 e. The first kappa shape index (κ1) is 11.5. The van der Waals surface area contributed by atoms with Crippen molar-refractivity contribution < 1.29 is 9.13 Å². The molecule has 16 heavy (non-hydrogen) atoms. The average molecular weight is 299 g/mol. The van der Waals surface area contributed by atoms with Crippen molar-refractivity contribution in [1.29, 1.82) is 0 Å². The Kier molecular flexibility index (Phi) is 3.51. The van der Waals surface area contributed by atoms with Crippen LogP contribution in [0.2, 0.25) is 0 Å². The second kappa shape index (κ2) is 4.89. The van der Waals surface area contributed by atoms with Crippen LogP contribution in [0.15, 0.2) is 46.7 Å². The minimum atomic E-state index is -0.332. The highest BCUT2D eigenvalue weighted by Gasteiger charge is 2.07. The molecule has 1 aliphatic carbocycles. The summed E-state index contributed by atoms with van der Waals surface area (Å²) in [6, 6.07) is 4.30. The van der Waals surface area contributed by atoms with Gasteiger partial charge in [0.25, 0.3) is 0 Å². The van der Waals surface area contributed by atoms with Gasteiger partial charge in [-0.1, -0.05) is 18.3 Å². The molecule has 0 atom stereocenters. The van der Waals surface area contributed by atoms with Crippen molar-refractivity contribution in [3.05, 3.63) is 52.5 Å². The van der Waals surface area contributed by atoms with Crippen LogP contribution in [0.3, 0.4) is 0 Å². The molecule has 1 aromatic rings. The third-order valence-electron chi connectivity index (χ3n) is 2.03. The minimum Gasteiger partial charge on any atom is -0.456 e. The van der Waals surface area contributed by atoms with Gasteiger partial charge in [-0.15, -0.1) is 0 Å². The minimum absolute atomic E-state index is 0.332. The van der Waals surface area contributed by atoms with Gasteiger partial charge in [-0.2, -0.15) is 0 Å². The highest BCUT2D eigenvalue weighted by atomic mass is 79.9. The molecule has 2 rings (SSSR count). The molecule has 0 fully saturated rings. The summed E-state index contributed by atoms with van der Waals surface area (Å²) in [4.78, 5) is 0.810. The quantitative estimate of drug-likeness (QED) is 0.758. The summed E-state index contributed by atoms with van der Waals surface area (Å²) < 4.78 is 19.3. The molecule has 0 bridgehead atoms. The van der Waals surface area contributed by atoms with E-state index in [2.05, 4.69) is 15.9 Å². The van der Waals surface area contributed by atoms with Gasteiger partial charge in [0.2, 0.25) is 0 Å². The molecule has 0 heterocycles. The van der Waals surface area contributed by atoms with E-state index >= 15 is 0 Å². The van der Waals surface area contributed by atoms with Gasteiger partial charge in [-0.05, 0) is 40.2 Å². The lowest BCUT2D eigenvalue weighted by Crippen LogP contribution is -2.01. The Bertz CT molecular complexity index is 494. The monoisotopic (exact) mass is 298 g/mol. The molecule has 0 N–H and O–H groups in total. The SMILES string of the molecule is Fc1ccc(Br)c(OC2=CC(=S)CC=C2)c1. The molecule has 0 aliphatic heterocycles. The van der Waals surface area contributed by atoms with Gasteiger partial charge in [0.15, 0.2) is 0 Å². The van der Waals surface area contributed by atoms with E-state index in [1.165, 1.54) is 12.1 Å². The van der Waals surface area contributed by atoms with Crippen LogP contribution in [0, 0.1) is 5.82 Å². The fraction of sp³-hybridized carbons (Fsp3) is 0.0833. The van der Waals surface area contributed by atoms with Gasteiger partial charge in [-0.25, -0.2) is 4.39 Å². The van der Waals surface area contributed by atoms with Gasteiger partial charge in [-0.3, -0.25) is 0 Å². The van der Waals surface area contributed by atoms with E-state index in [0.29, 0.717) is 16.0 Å². The van der Waals surface area contributed by atoms with Crippen molar-refractivity contribution in [1.82, 2.24) is 0 Å². The molecule has 4 heteroatoms. The van der Waals surface area contributed by atoms with Gasteiger partial charge < -0.3 is 4.74 Å². The molecule has 0 aromatic heterocycles. The van der Waals surface area contributed by atoms with E-state index in [1.54, 1.807) is 12.1 Å². The summed E-state index contributed by atoms with van der Waals surface area (Å²) in [5, 5.41) is 0. The van der Waals surface area contributed by atoms with E-state index in [9.17, 15) is 4.39 Å². The third kappa shape index (κ3) is 2.77. The first-order valence-electron chi connectivity index (χ1n) is 4.69. The molecule has 0 saturated heterocycles. The lowest BCUT2D eigenvalue weighted by molar-refractivity contribution is 0.437. The van der Waals surface area contributed by atoms with Crippen LogP contribution < -0.4 is 4.74 Å². The van der Waals surface area contributed by atoms with E-state index in [0.717, 1.165) is 11.3 Å². The zero-order chi connectivity index (χ0) is 11.5. The maximum absolute atomic E-state index is 13.0. The fourth-order valence-electron chi connectivity index (χ4n) is 1.30. The van der Waals surface area contributed by atoms with Crippen LogP contribution in [0.25, 0.3) is 0 Å². The lowest BCUT2D eigenvalue weighted by atomic mass is 10.2. The highest BCUT2D eigenvalue weighted by molar-refractivity contribution is 9.10. The molecule has 0 saturated carbocycles. The number of hydrogen-bond acceptors (Lipinski definition) is 2. The summed E-state index contributed by atoms with van der Waals surface area (Å²) in [5.41, 5.74) is 0. The fourth-order valence-corrected chi connectivity index (χ4v) is 1.84. The third-order valence-corrected chi connectivity index (χ3v) is 2.97. The highest BCUT2D eigenvalue weighted by Crippen LogP contribution is 2.28. The summed E-state index contributed by atoms with van der Waals surface area (Å²) in [7, 11) is 0. The Labute approximate surface area is 107 Å². The standard InChI is InChI=1S/C12H8BrFOS/c13-11-5-4-8(14)6-12(11)15-9-2-1-3-10(16)7-9/h1-2,4-7H,3H2. The smallest absolute Gasteiger partial charge is 0.144 e. The maximum Gasteiger partial charge on any atom is 0.144 e. The number of benzene rings is 1. The van der Waals surface area contributed by atoms with Crippen molar-refractivity contribution in [3.63, 3.8) is 0 Å². The molecule has 0 unspecified atom stereocenters. The van der Waals surface area contributed by atoms with Crippen LogP contribution >= 0.6 is 28.1 Å². The van der Waals surface area contributed by atoms with Gasteiger partial charge >= 0.3 is 0 Å². The van der Waals surface area contributed by atoms with Crippen LogP contribution in [0.4, 0.5) is 4.39 Å². The van der Waals surface area contributed by atoms with E-state index in [4.69, 9.17) is 17.0 Å². The number of halogens is 2. The maximum atomic E-state index is 13.0. The van der Waals surface area contributed by atoms with Crippen molar-refractivity contribution >= 4 is 33.0 Å². The molecule has 0 radical (unpaired) electrons. The van der Waals surface area contributed by atoms with Crippen molar-refractivity contribution in [2.24, 2.45) is 0 Å². The number of hydrogen-bond donors (Lipinski definition) is 0. The second-order valence-electron chi connectivity index (χ2n) is 3.30. The normalized spacial score (nSPS) is 14.9. The Balaban J connectivity index is 2.24. The summed E-state index contributed by atoms with van der Waals surface area (Å²) >= 11 is 8.36. The number of thiocarbonyl (C=S) groups is 1. The number of allylic oxidation sites excluding steroid dienone is 3. The van der Waals surface area contributed by atoms with E-state index in [-0.39, 0.29) is 5.82 Å².